The third kappa shape index (κ3) is 3.20. The number of benzene rings is 1. The standard InChI is InChI=1S/C13H16FN3O3S2/c1-10(2)21(3,18)16-22(19,20)12-9-15-17(13(12)14)11-7-5-4-6-8-11/h4-10H,1-3H3. The number of hydrogen-bond donors (Lipinski definition) is 0. The third-order valence-electron chi connectivity index (χ3n) is 3.08. The zero-order valence-electron chi connectivity index (χ0n) is 12.3. The first-order valence-corrected chi connectivity index (χ1v) is 9.84. The lowest BCUT2D eigenvalue weighted by atomic mass is 10.3. The fraction of sp³-hybridized carbons (Fsp3) is 0.308. The van der Waals surface area contributed by atoms with Crippen LogP contribution in [0.5, 0.6) is 0 Å². The number of nitrogens with zero attached hydrogens (tertiary/aromatic N) is 3. The summed E-state index contributed by atoms with van der Waals surface area (Å²) in [5.74, 6) is -1.06. The van der Waals surface area contributed by atoms with Crippen LogP contribution in [0.15, 0.2) is 45.2 Å². The van der Waals surface area contributed by atoms with E-state index in [1.165, 1.54) is 6.26 Å². The topological polar surface area (TPSA) is 81.4 Å². The first-order chi connectivity index (χ1) is 10.1. The van der Waals surface area contributed by atoms with Crippen molar-refractivity contribution in [2.24, 2.45) is 3.77 Å². The Morgan fingerprint density at radius 3 is 2.32 bits per heavy atom. The third-order valence-corrected chi connectivity index (χ3v) is 7.63. The highest BCUT2D eigenvalue weighted by atomic mass is 32.3. The summed E-state index contributed by atoms with van der Waals surface area (Å²) < 4.78 is 55.1. The van der Waals surface area contributed by atoms with Crippen molar-refractivity contribution < 1.29 is 17.0 Å². The van der Waals surface area contributed by atoms with Gasteiger partial charge in [-0.2, -0.15) is 17.9 Å². The predicted molar refractivity (Wildman–Crippen MR) is 82.3 cm³/mol. The van der Waals surface area contributed by atoms with Gasteiger partial charge in [0.05, 0.1) is 21.6 Å². The Hall–Kier alpha value is -1.74. The van der Waals surface area contributed by atoms with Crippen molar-refractivity contribution in [3.05, 3.63) is 42.5 Å². The molecule has 0 N–H and O–H groups in total. The Labute approximate surface area is 129 Å². The summed E-state index contributed by atoms with van der Waals surface area (Å²) in [6.07, 6.45) is 2.10. The van der Waals surface area contributed by atoms with Gasteiger partial charge in [0, 0.05) is 11.5 Å². The van der Waals surface area contributed by atoms with Crippen molar-refractivity contribution in [3.63, 3.8) is 0 Å². The average molecular weight is 345 g/mol. The monoisotopic (exact) mass is 345 g/mol. The normalized spacial score (nSPS) is 14.8. The van der Waals surface area contributed by atoms with E-state index in [2.05, 4.69) is 8.87 Å². The first kappa shape index (κ1) is 16.6. The van der Waals surface area contributed by atoms with E-state index >= 15 is 0 Å². The second-order valence-electron chi connectivity index (χ2n) is 5.01. The van der Waals surface area contributed by atoms with Crippen LogP contribution in [0, 0.1) is 5.95 Å². The minimum absolute atomic E-state index is 0.377. The highest BCUT2D eigenvalue weighted by Crippen LogP contribution is 2.21. The van der Waals surface area contributed by atoms with E-state index < -0.39 is 35.8 Å². The van der Waals surface area contributed by atoms with E-state index in [9.17, 15) is 17.0 Å². The number of aromatic nitrogens is 2. The molecule has 0 saturated carbocycles. The minimum Gasteiger partial charge on any atom is -0.249 e. The number of hydrogen-bond acceptors (Lipinski definition) is 4. The summed E-state index contributed by atoms with van der Waals surface area (Å²) in [5.41, 5.74) is 0.377. The average Bonchev–Trinajstić information content (AvgIpc) is 2.81. The molecule has 2 aromatic rings. The number of halogens is 1. The van der Waals surface area contributed by atoms with Gasteiger partial charge in [-0.1, -0.05) is 32.0 Å². The van der Waals surface area contributed by atoms with Crippen molar-refractivity contribution in [3.8, 4) is 5.69 Å². The van der Waals surface area contributed by atoms with Crippen molar-refractivity contribution in [1.82, 2.24) is 9.78 Å². The van der Waals surface area contributed by atoms with E-state index in [1.54, 1.807) is 44.2 Å². The van der Waals surface area contributed by atoms with E-state index in [0.29, 0.717) is 5.69 Å². The lowest BCUT2D eigenvalue weighted by molar-refractivity contribution is 0.511. The van der Waals surface area contributed by atoms with Crippen LogP contribution < -0.4 is 0 Å². The summed E-state index contributed by atoms with van der Waals surface area (Å²) in [5, 5.41) is 3.26. The summed E-state index contributed by atoms with van der Waals surface area (Å²) in [4.78, 5) is -0.688. The molecule has 9 heteroatoms. The molecule has 0 aliphatic carbocycles. The van der Waals surface area contributed by atoms with Gasteiger partial charge in [0.25, 0.3) is 10.0 Å². The van der Waals surface area contributed by atoms with Crippen LogP contribution in [0.2, 0.25) is 0 Å². The SMILES string of the molecule is CC(C)S(C)(=O)=NS(=O)(=O)c1cnn(-c2ccccc2)c1F. The summed E-state index contributed by atoms with van der Waals surface area (Å²) in [6.45, 7) is 3.18. The number of sulfonamides is 1. The molecule has 6 nitrogen and oxygen atoms in total. The lowest BCUT2D eigenvalue weighted by Crippen LogP contribution is -2.14. The van der Waals surface area contributed by atoms with Crippen LogP contribution in [0.25, 0.3) is 5.69 Å². The molecule has 1 atom stereocenters. The van der Waals surface area contributed by atoms with Crippen LogP contribution >= 0.6 is 0 Å². The lowest BCUT2D eigenvalue weighted by Gasteiger charge is -2.07. The van der Waals surface area contributed by atoms with Gasteiger partial charge in [-0.25, -0.2) is 8.89 Å². The molecule has 1 aromatic heterocycles. The van der Waals surface area contributed by atoms with Gasteiger partial charge in [-0.05, 0) is 12.1 Å². The molecule has 1 unspecified atom stereocenters. The van der Waals surface area contributed by atoms with Crippen molar-refractivity contribution in [1.29, 1.82) is 0 Å². The summed E-state index contributed by atoms with van der Waals surface area (Å²) in [7, 11) is -7.38. The Balaban J connectivity index is 2.57. The predicted octanol–water partition coefficient (Wildman–Crippen LogP) is 2.21. The van der Waals surface area contributed by atoms with Crippen molar-refractivity contribution in [2.45, 2.75) is 24.0 Å². The number of rotatable bonds is 4. The van der Waals surface area contributed by atoms with Gasteiger partial charge in [0.15, 0.2) is 4.90 Å². The molecule has 22 heavy (non-hydrogen) atoms. The zero-order chi connectivity index (χ0) is 16.5. The van der Waals surface area contributed by atoms with Crippen LogP contribution in [-0.4, -0.2) is 33.9 Å². The Morgan fingerprint density at radius 2 is 1.77 bits per heavy atom. The molecule has 1 heterocycles. The van der Waals surface area contributed by atoms with Crippen LogP contribution in [-0.2, 0) is 19.8 Å². The molecule has 0 saturated heterocycles. The van der Waals surface area contributed by atoms with E-state index in [1.807, 2.05) is 0 Å². The number of para-hydroxylation sites is 1. The fourth-order valence-electron chi connectivity index (χ4n) is 1.56. The molecule has 0 spiro atoms. The maximum absolute atomic E-state index is 14.4. The highest BCUT2D eigenvalue weighted by molar-refractivity contribution is 8.03. The molecule has 0 bridgehead atoms. The Bertz CT molecular complexity index is 896. The highest BCUT2D eigenvalue weighted by Gasteiger charge is 2.26. The minimum atomic E-state index is -4.39. The molecular weight excluding hydrogens is 329 g/mol. The molecular formula is C13H16FN3O3S2. The van der Waals surface area contributed by atoms with Crippen molar-refractivity contribution in [2.75, 3.05) is 6.26 Å². The molecule has 0 aliphatic heterocycles. The Morgan fingerprint density at radius 1 is 1.18 bits per heavy atom. The van der Waals surface area contributed by atoms with Crippen LogP contribution in [0.1, 0.15) is 13.8 Å². The maximum Gasteiger partial charge on any atom is 0.296 e. The van der Waals surface area contributed by atoms with Gasteiger partial charge in [-0.15, -0.1) is 3.77 Å². The zero-order valence-corrected chi connectivity index (χ0v) is 13.9. The van der Waals surface area contributed by atoms with E-state index in [4.69, 9.17) is 0 Å². The molecule has 1 aromatic carbocycles. The molecule has 0 fully saturated rings. The molecule has 120 valence electrons. The second kappa shape index (κ2) is 5.81. The molecule has 2 rings (SSSR count). The Kier molecular flexibility index (Phi) is 4.39. The van der Waals surface area contributed by atoms with Gasteiger partial charge in [0.2, 0.25) is 5.95 Å². The maximum atomic E-state index is 14.4. The van der Waals surface area contributed by atoms with E-state index in [0.717, 1.165) is 10.9 Å². The van der Waals surface area contributed by atoms with Gasteiger partial charge < -0.3 is 0 Å². The van der Waals surface area contributed by atoms with E-state index in [-0.39, 0.29) is 0 Å². The van der Waals surface area contributed by atoms with Crippen LogP contribution in [0.3, 0.4) is 0 Å². The van der Waals surface area contributed by atoms with Crippen LogP contribution in [0.4, 0.5) is 4.39 Å². The molecule has 0 aliphatic rings. The molecule has 0 amide bonds. The second-order valence-corrected chi connectivity index (χ2v) is 9.66. The van der Waals surface area contributed by atoms with Gasteiger partial charge in [-0.3, -0.25) is 0 Å². The van der Waals surface area contributed by atoms with Crippen molar-refractivity contribution >= 4 is 19.8 Å². The summed E-state index contributed by atoms with van der Waals surface area (Å²) in [6, 6.07) is 8.26. The first-order valence-electron chi connectivity index (χ1n) is 6.41. The molecule has 0 radical (unpaired) electrons. The smallest absolute Gasteiger partial charge is 0.249 e. The fourth-order valence-corrected chi connectivity index (χ4v) is 4.61. The largest absolute Gasteiger partial charge is 0.296 e. The van der Waals surface area contributed by atoms with Gasteiger partial charge in [0.1, 0.15) is 0 Å². The van der Waals surface area contributed by atoms with Gasteiger partial charge >= 0.3 is 0 Å². The quantitative estimate of drug-likeness (QED) is 0.851. The summed E-state index contributed by atoms with van der Waals surface area (Å²) >= 11 is 0.